The van der Waals surface area contributed by atoms with Crippen LogP contribution in [0.4, 0.5) is 0 Å². The molecule has 0 aromatic carbocycles. The molecule has 0 aliphatic carbocycles. The monoisotopic (exact) mass is 506 g/mol. The Kier molecular flexibility index (Phi) is 11.4. The number of aryl methyl sites for hydroxylation is 2. The average Bonchev–Trinajstić information content (AvgIpc) is 3.07. The highest BCUT2D eigenvalue weighted by Gasteiger charge is 2.25. The summed E-state index contributed by atoms with van der Waals surface area (Å²) in [5.41, 5.74) is 2.20. The van der Waals surface area contributed by atoms with Crippen LogP contribution in [0.15, 0.2) is 9.52 Å². The number of piperazine rings is 1. The van der Waals surface area contributed by atoms with Gasteiger partial charge in [-0.15, -0.1) is 24.0 Å². The van der Waals surface area contributed by atoms with Crippen LogP contribution in [0, 0.1) is 5.92 Å². The Morgan fingerprint density at radius 2 is 1.82 bits per heavy atom. The number of likely N-dealkylation sites (N-methyl/N-ethyl adjacent to an activating group) is 1. The largest absolute Gasteiger partial charge is 0.361 e. The SMILES string of the molecule is CCc1noc(CC)c1CNC(=NC)NCC(C(C)C)N1CCN(C)CC1.I. The quantitative estimate of drug-likeness (QED) is 0.321. The van der Waals surface area contributed by atoms with Crippen LogP contribution in [-0.2, 0) is 19.4 Å². The molecular weight excluding hydrogens is 467 g/mol. The van der Waals surface area contributed by atoms with Crippen molar-refractivity contribution in [3.8, 4) is 0 Å². The fraction of sp³-hybridized carbons (Fsp3) is 0.800. The van der Waals surface area contributed by atoms with E-state index in [0.29, 0.717) is 18.5 Å². The second-order valence-corrected chi connectivity index (χ2v) is 7.70. The average molecular weight is 506 g/mol. The van der Waals surface area contributed by atoms with Crippen LogP contribution in [-0.4, -0.2) is 73.8 Å². The van der Waals surface area contributed by atoms with E-state index < -0.39 is 0 Å². The molecule has 1 aromatic heterocycles. The molecule has 28 heavy (non-hydrogen) atoms. The number of guanidine groups is 1. The van der Waals surface area contributed by atoms with E-state index in [-0.39, 0.29) is 24.0 Å². The van der Waals surface area contributed by atoms with Gasteiger partial charge in [-0.05, 0) is 19.4 Å². The molecule has 0 saturated carbocycles. The van der Waals surface area contributed by atoms with Gasteiger partial charge in [-0.25, -0.2) is 0 Å². The van der Waals surface area contributed by atoms with Crippen LogP contribution in [0.3, 0.4) is 0 Å². The van der Waals surface area contributed by atoms with E-state index in [0.717, 1.165) is 63.0 Å². The normalized spacial score (nSPS) is 17.5. The number of hydrogen-bond acceptors (Lipinski definition) is 5. The lowest BCUT2D eigenvalue weighted by Crippen LogP contribution is -2.55. The second kappa shape index (κ2) is 12.6. The van der Waals surface area contributed by atoms with E-state index in [1.165, 1.54) is 5.56 Å². The summed E-state index contributed by atoms with van der Waals surface area (Å²) in [6.07, 6.45) is 1.74. The highest BCUT2D eigenvalue weighted by molar-refractivity contribution is 14.0. The zero-order valence-electron chi connectivity index (χ0n) is 18.4. The topological polar surface area (TPSA) is 68.9 Å². The summed E-state index contributed by atoms with van der Waals surface area (Å²) in [4.78, 5) is 9.41. The fourth-order valence-electron chi connectivity index (χ4n) is 3.67. The number of nitrogens with one attached hydrogen (secondary N) is 2. The van der Waals surface area contributed by atoms with Crippen molar-refractivity contribution in [2.24, 2.45) is 10.9 Å². The predicted molar refractivity (Wildman–Crippen MR) is 127 cm³/mol. The highest BCUT2D eigenvalue weighted by Crippen LogP contribution is 2.16. The fourth-order valence-corrected chi connectivity index (χ4v) is 3.67. The molecule has 0 amide bonds. The maximum Gasteiger partial charge on any atom is 0.191 e. The van der Waals surface area contributed by atoms with E-state index in [1.54, 1.807) is 0 Å². The summed E-state index contributed by atoms with van der Waals surface area (Å²) in [6, 6.07) is 0.505. The first kappa shape index (κ1) is 25.2. The Bertz CT molecular complexity index is 574. The maximum absolute atomic E-state index is 5.46. The van der Waals surface area contributed by atoms with Crippen LogP contribution >= 0.6 is 24.0 Å². The molecule has 0 spiro atoms. The number of aliphatic imine (C=N–C) groups is 1. The first-order chi connectivity index (χ1) is 13.0. The molecule has 162 valence electrons. The third kappa shape index (κ3) is 6.88. The van der Waals surface area contributed by atoms with Gasteiger partial charge in [0.1, 0.15) is 5.76 Å². The van der Waals surface area contributed by atoms with E-state index in [4.69, 9.17) is 4.52 Å². The van der Waals surface area contributed by atoms with Crippen LogP contribution in [0.5, 0.6) is 0 Å². The number of aromatic nitrogens is 1. The molecule has 2 heterocycles. The summed E-state index contributed by atoms with van der Waals surface area (Å²) in [5, 5.41) is 11.2. The van der Waals surface area contributed by atoms with Crippen molar-refractivity contribution in [1.82, 2.24) is 25.6 Å². The van der Waals surface area contributed by atoms with Crippen molar-refractivity contribution in [1.29, 1.82) is 0 Å². The summed E-state index contributed by atoms with van der Waals surface area (Å²) in [6.45, 7) is 14.9. The van der Waals surface area contributed by atoms with Gasteiger partial charge in [-0.2, -0.15) is 0 Å². The van der Waals surface area contributed by atoms with Gasteiger partial charge in [0, 0.05) is 64.3 Å². The number of nitrogens with zero attached hydrogens (tertiary/aromatic N) is 4. The van der Waals surface area contributed by atoms with E-state index >= 15 is 0 Å². The molecule has 1 fully saturated rings. The third-order valence-electron chi connectivity index (χ3n) is 5.52. The minimum absolute atomic E-state index is 0. The Morgan fingerprint density at radius 1 is 1.14 bits per heavy atom. The standard InChI is InChI=1S/C20H38N6O.HI/c1-7-17-16(19(8-2)27-24-17)13-22-20(21-5)23-14-18(15(3)4)26-11-9-25(6)10-12-26;/h15,18H,7-14H2,1-6H3,(H2,21,22,23);1H. The molecule has 2 N–H and O–H groups in total. The number of rotatable bonds is 8. The minimum Gasteiger partial charge on any atom is -0.361 e. The van der Waals surface area contributed by atoms with Gasteiger partial charge >= 0.3 is 0 Å². The molecule has 0 bridgehead atoms. The van der Waals surface area contributed by atoms with Gasteiger partial charge in [-0.3, -0.25) is 9.89 Å². The van der Waals surface area contributed by atoms with Crippen LogP contribution in [0.25, 0.3) is 0 Å². The van der Waals surface area contributed by atoms with Gasteiger partial charge in [0.25, 0.3) is 0 Å². The molecule has 1 aliphatic rings. The van der Waals surface area contributed by atoms with E-state index in [1.807, 2.05) is 7.05 Å². The van der Waals surface area contributed by atoms with Gasteiger partial charge in [0.15, 0.2) is 5.96 Å². The minimum atomic E-state index is 0. The van der Waals surface area contributed by atoms with Crippen LogP contribution in [0.2, 0.25) is 0 Å². The molecule has 1 aromatic rings. The first-order valence-electron chi connectivity index (χ1n) is 10.3. The van der Waals surface area contributed by atoms with Crippen molar-refractivity contribution < 1.29 is 4.52 Å². The zero-order valence-corrected chi connectivity index (χ0v) is 20.7. The maximum atomic E-state index is 5.46. The molecule has 7 nitrogen and oxygen atoms in total. The summed E-state index contributed by atoms with van der Waals surface area (Å²) < 4.78 is 5.46. The number of halogens is 1. The van der Waals surface area contributed by atoms with Gasteiger partial charge in [-0.1, -0.05) is 32.9 Å². The molecule has 2 rings (SSSR count). The van der Waals surface area contributed by atoms with Crippen molar-refractivity contribution in [3.05, 3.63) is 17.0 Å². The summed E-state index contributed by atoms with van der Waals surface area (Å²) in [7, 11) is 4.02. The molecule has 1 unspecified atom stereocenters. The smallest absolute Gasteiger partial charge is 0.191 e. The molecule has 1 saturated heterocycles. The summed E-state index contributed by atoms with van der Waals surface area (Å²) in [5.74, 6) is 2.39. The molecular formula is C20H39IN6O. The predicted octanol–water partition coefficient (Wildman–Crippen LogP) is 2.35. The van der Waals surface area contributed by atoms with Gasteiger partial charge < -0.3 is 20.1 Å². The zero-order chi connectivity index (χ0) is 19.8. The molecule has 1 aliphatic heterocycles. The van der Waals surface area contributed by atoms with Gasteiger partial charge in [0.05, 0.1) is 5.69 Å². The van der Waals surface area contributed by atoms with Crippen molar-refractivity contribution in [2.75, 3.05) is 46.8 Å². The van der Waals surface area contributed by atoms with Crippen molar-refractivity contribution in [2.45, 2.75) is 53.1 Å². The van der Waals surface area contributed by atoms with Crippen LogP contribution < -0.4 is 10.6 Å². The Balaban J connectivity index is 0.00000392. The molecule has 8 heteroatoms. The van der Waals surface area contributed by atoms with Crippen LogP contribution in [0.1, 0.15) is 44.7 Å². The molecule has 1 atom stereocenters. The Hall–Kier alpha value is -0.870. The van der Waals surface area contributed by atoms with E-state index in [2.05, 4.69) is 65.3 Å². The Morgan fingerprint density at radius 3 is 2.36 bits per heavy atom. The third-order valence-corrected chi connectivity index (χ3v) is 5.52. The lowest BCUT2D eigenvalue weighted by Gasteiger charge is -2.40. The van der Waals surface area contributed by atoms with Crippen molar-refractivity contribution in [3.63, 3.8) is 0 Å². The lowest BCUT2D eigenvalue weighted by atomic mass is 10.0. The van der Waals surface area contributed by atoms with E-state index in [9.17, 15) is 0 Å². The Labute approximate surface area is 187 Å². The second-order valence-electron chi connectivity index (χ2n) is 7.70. The molecule has 0 radical (unpaired) electrons. The van der Waals surface area contributed by atoms with Crippen molar-refractivity contribution >= 4 is 29.9 Å². The summed E-state index contributed by atoms with van der Waals surface area (Å²) >= 11 is 0. The van der Waals surface area contributed by atoms with Gasteiger partial charge in [0.2, 0.25) is 0 Å². The first-order valence-corrected chi connectivity index (χ1v) is 10.3. The number of hydrogen-bond donors (Lipinski definition) is 2. The lowest BCUT2D eigenvalue weighted by molar-refractivity contribution is 0.0900. The highest BCUT2D eigenvalue weighted by atomic mass is 127.